The molecular weight excluding hydrogens is 394 g/mol. The lowest BCUT2D eigenvalue weighted by Gasteiger charge is -2.26. The number of hydrogen-bond donors (Lipinski definition) is 0. The molecule has 1 rings (SSSR count). The molecule has 1 aromatic rings. The minimum Gasteiger partial charge on any atom is -0.492 e. The zero-order chi connectivity index (χ0) is 22.9. The molecule has 1 amide bonds. The summed E-state index contributed by atoms with van der Waals surface area (Å²) in [6.07, 6.45) is -0.493. The van der Waals surface area contributed by atoms with Gasteiger partial charge in [0.15, 0.2) is 0 Å². The number of carbonyl (C=O) groups excluding carboxylic acids is 3. The molecule has 0 aliphatic rings. The highest BCUT2D eigenvalue weighted by Gasteiger charge is 2.49. The molecule has 30 heavy (non-hydrogen) atoms. The molecule has 0 unspecified atom stereocenters. The second-order valence-corrected chi connectivity index (χ2v) is 7.59. The van der Waals surface area contributed by atoms with Crippen molar-refractivity contribution in [1.29, 1.82) is 0 Å². The maximum atomic E-state index is 12.2. The molecule has 0 heterocycles. The Morgan fingerprint density at radius 1 is 0.933 bits per heavy atom. The number of methoxy groups -OCH3 is 3. The van der Waals surface area contributed by atoms with E-state index in [0.717, 1.165) is 0 Å². The van der Waals surface area contributed by atoms with Gasteiger partial charge in [-0.3, -0.25) is 0 Å². The molecule has 1 aromatic carbocycles. The van der Waals surface area contributed by atoms with Crippen molar-refractivity contribution in [2.24, 2.45) is 0 Å². The number of likely N-dealkylation sites (N-methyl/N-ethyl adjacent to an activating group) is 1. The molecule has 0 aromatic heterocycles. The van der Waals surface area contributed by atoms with E-state index >= 15 is 0 Å². The van der Waals surface area contributed by atoms with Crippen molar-refractivity contribution in [2.75, 3.05) is 41.5 Å². The molecule has 0 saturated carbocycles. The molecule has 0 aliphatic carbocycles. The van der Waals surface area contributed by atoms with Crippen molar-refractivity contribution in [3.63, 3.8) is 0 Å². The largest absolute Gasteiger partial charge is 0.492 e. The first-order valence-corrected chi connectivity index (χ1v) is 9.37. The predicted octanol–water partition coefficient (Wildman–Crippen LogP) is 2.21. The Kier molecular flexibility index (Phi) is 9.10. The Hall–Kier alpha value is -2.81. The van der Waals surface area contributed by atoms with Crippen molar-refractivity contribution in [3.05, 3.63) is 29.8 Å². The molecular formula is C21H31NO8. The maximum Gasteiger partial charge on any atom is 0.410 e. The van der Waals surface area contributed by atoms with E-state index in [9.17, 15) is 14.4 Å². The normalized spacial score (nSPS) is 11.4. The maximum absolute atomic E-state index is 12.2. The molecule has 9 heteroatoms. The first-order chi connectivity index (χ1) is 14.0. The Morgan fingerprint density at radius 2 is 1.47 bits per heavy atom. The Bertz CT molecular complexity index is 708. The lowest BCUT2D eigenvalue weighted by molar-refractivity contribution is -0.184. The second-order valence-electron chi connectivity index (χ2n) is 7.59. The van der Waals surface area contributed by atoms with Gasteiger partial charge < -0.3 is 28.6 Å². The van der Waals surface area contributed by atoms with Gasteiger partial charge in [0.25, 0.3) is 5.60 Å². The van der Waals surface area contributed by atoms with E-state index in [0.29, 0.717) is 17.9 Å². The summed E-state index contributed by atoms with van der Waals surface area (Å²) in [6, 6.07) is 6.79. The molecule has 0 atom stereocenters. The summed E-state index contributed by atoms with van der Waals surface area (Å²) in [5, 5.41) is 0. The SMILES string of the molecule is COC(=O)C(Cc1ccc(OCCN(C)C(=O)OC(C)(C)C)cc1)(OC)C(=O)OC. The molecule has 0 bridgehead atoms. The van der Waals surface area contributed by atoms with Crippen LogP contribution in [-0.2, 0) is 35.0 Å². The van der Waals surface area contributed by atoms with Crippen LogP contribution in [0.15, 0.2) is 24.3 Å². The minimum atomic E-state index is -1.89. The third-order valence-electron chi connectivity index (χ3n) is 4.16. The fourth-order valence-electron chi connectivity index (χ4n) is 2.52. The number of hydrogen-bond acceptors (Lipinski definition) is 8. The van der Waals surface area contributed by atoms with E-state index in [-0.39, 0.29) is 13.0 Å². The van der Waals surface area contributed by atoms with Gasteiger partial charge >= 0.3 is 18.0 Å². The molecule has 0 spiro atoms. The molecule has 0 aliphatic heterocycles. The predicted molar refractivity (Wildman–Crippen MR) is 108 cm³/mol. The number of rotatable bonds is 9. The van der Waals surface area contributed by atoms with E-state index < -0.39 is 29.2 Å². The highest BCUT2D eigenvalue weighted by molar-refractivity contribution is 6.04. The smallest absolute Gasteiger partial charge is 0.410 e. The summed E-state index contributed by atoms with van der Waals surface area (Å²) in [4.78, 5) is 37.7. The molecule has 168 valence electrons. The average Bonchev–Trinajstić information content (AvgIpc) is 2.70. The van der Waals surface area contributed by atoms with Gasteiger partial charge in [0.05, 0.1) is 20.8 Å². The summed E-state index contributed by atoms with van der Waals surface area (Å²) in [7, 11) is 5.21. The number of benzene rings is 1. The van der Waals surface area contributed by atoms with E-state index in [1.165, 1.54) is 26.2 Å². The zero-order valence-corrected chi connectivity index (χ0v) is 18.6. The van der Waals surface area contributed by atoms with Crippen molar-refractivity contribution in [1.82, 2.24) is 4.90 Å². The molecule has 0 saturated heterocycles. The van der Waals surface area contributed by atoms with Crippen molar-refractivity contribution < 1.29 is 38.1 Å². The van der Waals surface area contributed by atoms with Crippen LogP contribution in [0.1, 0.15) is 26.3 Å². The van der Waals surface area contributed by atoms with Gasteiger partial charge in [-0.25, -0.2) is 14.4 Å². The average molecular weight is 425 g/mol. The van der Waals surface area contributed by atoms with Crippen LogP contribution in [0.3, 0.4) is 0 Å². The Balaban J connectivity index is 2.71. The quantitative estimate of drug-likeness (QED) is 0.337. The lowest BCUT2D eigenvalue weighted by atomic mass is 9.94. The topological polar surface area (TPSA) is 101 Å². The summed E-state index contributed by atoms with van der Waals surface area (Å²) in [6.45, 7) is 6.01. The molecule has 0 fully saturated rings. The van der Waals surface area contributed by atoms with E-state index in [1.54, 1.807) is 52.1 Å². The summed E-state index contributed by atoms with van der Waals surface area (Å²) in [5.74, 6) is -1.12. The Morgan fingerprint density at radius 3 is 1.90 bits per heavy atom. The van der Waals surface area contributed by atoms with Gasteiger partial charge in [0, 0.05) is 20.6 Å². The summed E-state index contributed by atoms with van der Waals surface area (Å²) in [5.41, 5.74) is -1.80. The highest BCUT2D eigenvalue weighted by Crippen LogP contribution is 2.23. The van der Waals surface area contributed by atoms with Gasteiger partial charge in [0.2, 0.25) is 0 Å². The van der Waals surface area contributed by atoms with Gasteiger partial charge in [-0.2, -0.15) is 0 Å². The summed E-state index contributed by atoms with van der Waals surface area (Å²) < 4.78 is 25.6. The van der Waals surface area contributed by atoms with Crippen molar-refractivity contribution in [2.45, 2.75) is 38.4 Å². The zero-order valence-electron chi connectivity index (χ0n) is 18.6. The first kappa shape index (κ1) is 25.2. The van der Waals surface area contributed by atoms with E-state index in [4.69, 9.17) is 23.7 Å². The van der Waals surface area contributed by atoms with Crippen molar-refractivity contribution in [3.8, 4) is 5.75 Å². The molecule has 9 nitrogen and oxygen atoms in total. The standard InChI is InChI=1S/C21H31NO8/c1-20(2,3)30-19(25)22(4)12-13-29-16-10-8-15(9-11-16)14-21(28-7,17(23)26-5)18(24)27-6/h8-11H,12-14H2,1-7H3. The number of esters is 2. The van der Waals surface area contributed by atoms with Crippen LogP contribution in [0.4, 0.5) is 4.79 Å². The summed E-state index contributed by atoms with van der Waals surface area (Å²) >= 11 is 0. The first-order valence-electron chi connectivity index (χ1n) is 9.37. The fourth-order valence-corrected chi connectivity index (χ4v) is 2.52. The number of nitrogens with zero attached hydrogens (tertiary/aromatic N) is 1. The van der Waals surface area contributed by atoms with Crippen molar-refractivity contribution >= 4 is 18.0 Å². The van der Waals surface area contributed by atoms with Crippen LogP contribution < -0.4 is 4.74 Å². The number of ether oxygens (including phenoxy) is 5. The van der Waals surface area contributed by atoms with Crippen LogP contribution in [0.5, 0.6) is 5.75 Å². The third-order valence-corrected chi connectivity index (χ3v) is 4.16. The highest BCUT2D eigenvalue weighted by atomic mass is 16.6. The van der Waals surface area contributed by atoms with E-state index in [1.807, 2.05) is 0 Å². The van der Waals surface area contributed by atoms with Gasteiger partial charge in [-0.05, 0) is 38.5 Å². The fraction of sp³-hybridized carbons (Fsp3) is 0.571. The third kappa shape index (κ3) is 6.91. The van der Waals surface area contributed by atoms with Crippen LogP contribution in [0.2, 0.25) is 0 Å². The molecule has 0 N–H and O–H groups in total. The lowest BCUT2D eigenvalue weighted by Crippen LogP contribution is -2.51. The van der Waals surface area contributed by atoms with E-state index in [2.05, 4.69) is 0 Å². The number of carbonyl (C=O) groups is 3. The van der Waals surface area contributed by atoms with Crippen LogP contribution >= 0.6 is 0 Å². The van der Waals surface area contributed by atoms with Crippen LogP contribution in [-0.4, -0.2) is 75.7 Å². The monoisotopic (exact) mass is 425 g/mol. The minimum absolute atomic E-state index is 0.0650. The number of amides is 1. The van der Waals surface area contributed by atoms with Crippen LogP contribution in [0, 0.1) is 0 Å². The molecule has 0 radical (unpaired) electrons. The van der Waals surface area contributed by atoms with Crippen LogP contribution in [0.25, 0.3) is 0 Å². The van der Waals surface area contributed by atoms with Gasteiger partial charge in [-0.15, -0.1) is 0 Å². The van der Waals surface area contributed by atoms with Gasteiger partial charge in [-0.1, -0.05) is 12.1 Å². The Labute approximate surface area is 177 Å². The second kappa shape index (κ2) is 10.8. The van der Waals surface area contributed by atoms with Gasteiger partial charge in [0.1, 0.15) is 18.0 Å².